The normalized spacial score (nSPS) is 11.2. The summed E-state index contributed by atoms with van der Waals surface area (Å²) in [5, 5.41) is 26.3. The van der Waals surface area contributed by atoms with Crippen LogP contribution < -0.4 is 0 Å². The molecule has 0 aliphatic rings. The van der Waals surface area contributed by atoms with Gasteiger partial charge in [0, 0.05) is 0 Å². The molecule has 3 N–H and O–H groups in total. The smallest absolute Gasteiger partial charge is 0.348 e. The summed E-state index contributed by atoms with van der Waals surface area (Å²) in [6.45, 7) is 0. The number of carboxylic acid groups (broad SMARTS) is 2. The van der Waals surface area contributed by atoms with Crippen LogP contribution >= 0.6 is 0 Å². The van der Waals surface area contributed by atoms with Crippen molar-refractivity contribution in [3.63, 3.8) is 0 Å². The minimum atomic E-state index is -2.84. The zero-order valence-corrected chi connectivity index (χ0v) is 7.01. The minimum Gasteiger partial charge on any atom is -0.479 e. The molecule has 6 heteroatoms. The molecule has 1 rings (SSSR count). The number of carbonyl (C=O) groups is 2. The van der Waals surface area contributed by atoms with Crippen LogP contribution in [0.3, 0.4) is 0 Å². The molecule has 14 heavy (non-hydrogen) atoms. The van der Waals surface area contributed by atoms with Crippen LogP contribution in [0.1, 0.15) is 5.76 Å². The highest BCUT2D eigenvalue weighted by Crippen LogP contribution is 2.14. The van der Waals surface area contributed by atoms with Crippen molar-refractivity contribution in [3.8, 4) is 0 Å². The number of aliphatic carboxylic acids is 2. The van der Waals surface area contributed by atoms with Gasteiger partial charge in [0.25, 0.3) is 5.60 Å². The first-order valence-electron chi connectivity index (χ1n) is 3.68. The standard InChI is InChI=1S/C8H8O6/c9-6(10)8(13,7(11)12)4-5-2-1-3-14-5/h1-3,13H,4H2,(H,9,10)(H,11,12). The lowest BCUT2D eigenvalue weighted by Gasteiger charge is -2.16. The number of rotatable bonds is 4. The lowest BCUT2D eigenvalue weighted by Crippen LogP contribution is -2.48. The SMILES string of the molecule is O=C(O)C(O)(Cc1ccco1)C(=O)O. The molecule has 0 saturated heterocycles. The van der Waals surface area contributed by atoms with Crippen molar-refractivity contribution >= 4 is 11.9 Å². The highest BCUT2D eigenvalue weighted by atomic mass is 16.4. The first-order valence-corrected chi connectivity index (χ1v) is 3.68. The van der Waals surface area contributed by atoms with Crippen molar-refractivity contribution in [1.82, 2.24) is 0 Å². The van der Waals surface area contributed by atoms with Crippen molar-refractivity contribution in [2.24, 2.45) is 0 Å². The molecule has 0 amide bonds. The molecular weight excluding hydrogens is 192 g/mol. The van der Waals surface area contributed by atoms with Gasteiger partial charge < -0.3 is 19.7 Å². The molecule has 1 aromatic heterocycles. The second-order valence-corrected chi connectivity index (χ2v) is 2.73. The molecule has 0 radical (unpaired) electrons. The summed E-state index contributed by atoms with van der Waals surface area (Å²) in [4.78, 5) is 21.0. The Morgan fingerprint density at radius 3 is 2.29 bits per heavy atom. The molecule has 0 fully saturated rings. The monoisotopic (exact) mass is 200 g/mol. The van der Waals surface area contributed by atoms with Crippen molar-refractivity contribution < 1.29 is 29.3 Å². The number of aliphatic hydroxyl groups is 1. The lowest BCUT2D eigenvalue weighted by atomic mass is 9.99. The van der Waals surface area contributed by atoms with Crippen LogP contribution in [0.2, 0.25) is 0 Å². The molecule has 6 nitrogen and oxygen atoms in total. The number of hydrogen-bond donors (Lipinski definition) is 3. The molecule has 1 heterocycles. The second-order valence-electron chi connectivity index (χ2n) is 2.73. The van der Waals surface area contributed by atoms with E-state index in [2.05, 4.69) is 0 Å². The topological polar surface area (TPSA) is 108 Å². The van der Waals surface area contributed by atoms with E-state index in [1.54, 1.807) is 0 Å². The van der Waals surface area contributed by atoms with Gasteiger partial charge in [0.15, 0.2) is 0 Å². The fourth-order valence-electron chi connectivity index (χ4n) is 0.908. The predicted octanol–water partition coefficient (Wildman–Crippen LogP) is -0.278. The van der Waals surface area contributed by atoms with Crippen molar-refractivity contribution in [3.05, 3.63) is 24.2 Å². The fraction of sp³-hybridized carbons (Fsp3) is 0.250. The average molecular weight is 200 g/mol. The average Bonchev–Trinajstić information content (AvgIpc) is 2.55. The highest BCUT2D eigenvalue weighted by molar-refractivity contribution is 6.01. The maximum absolute atomic E-state index is 10.5. The Kier molecular flexibility index (Phi) is 2.57. The van der Waals surface area contributed by atoms with Crippen LogP contribution in [-0.4, -0.2) is 32.9 Å². The van der Waals surface area contributed by atoms with Gasteiger partial charge >= 0.3 is 11.9 Å². The molecular formula is C8H8O6. The quantitative estimate of drug-likeness (QED) is 0.577. The first kappa shape index (κ1) is 10.3. The van der Waals surface area contributed by atoms with E-state index in [1.807, 2.05) is 0 Å². The summed E-state index contributed by atoms with van der Waals surface area (Å²) in [6, 6.07) is 2.86. The summed E-state index contributed by atoms with van der Waals surface area (Å²) in [5.74, 6) is -3.54. The van der Waals surface area contributed by atoms with E-state index in [4.69, 9.17) is 14.6 Å². The summed E-state index contributed by atoms with van der Waals surface area (Å²) < 4.78 is 4.74. The Hall–Kier alpha value is -1.82. The van der Waals surface area contributed by atoms with Crippen molar-refractivity contribution in [1.29, 1.82) is 0 Å². The predicted molar refractivity (Wildman–Crippen MR) is 42.6 cm³/mol. The Bertz CT molecular complexity index is 325. The maximum atomic E-state index is 10.5. The fourth-order valence-corrected chi connectivity index (χ4v) is 0.908. The van der Waals surface area contributed by atoms with Gasteiger partial charge in [0.1, 0.15) is 5.76 Å². The van der Waals surface area contributed by atoms with E-state index < -0.39 is 24.0 Å². The molecule has 0 aromatic carbocycles. The number of furan rings is 1. The summed E-state index contributed by atoms with van der Waals surface area (Å²) in [5.41, 5.74) is -2.84. The molecule has 0 aliphatic heterocycles. The van der Waals surface area contributed by atoms with E-state index in [1.165, 1.54) is 18.4 Å². The van der Waals surface area contributed by atoms with Gasteiger partial charge in [-0.2, -0.15) is 0 Å². The molecule has 0 saturated carbocycles. The van der Waals surface area contributed by atoms with Gasteiger partial charge in [-0.3, -0.25) is 0 Å². The molecule has 0 bridgehead atoms. The Morgan fingerprint density at radius 1 is 1.36 bits per heavy atom. The largest absolute Gasteiger partial charge is 0.479 e. The molecule has 0 unspecified atom stereocenters. The van der Waals surface area contributed by atoms with Crippen molar-refractivity contribution in [2.75, 3.05) is 0 Å². The van der Waals surface area contributed by atoms with E-state index in [-0.39, 0.29) is 5.76 Å². The number of hydrogen-bond acceptors (Lipinski definition) is 4. The maximum Gasteiger partial charge on any atom is 0.348 e. The first-order chi connectivity index (χ1) is 6.47. The van der Waals surface area contributed by atoms with Crippen LogP contribution in [0.15, 0.2) is 22.8 Å². The highest BCUT2D eigenvalue weighted by Gasteiger charge is 2.45. The van der Waals surface area contributed by atoms with Crippen molar-refractivity contribution in [2.45, 2.75) is 12.0 Å². The van der Waals surface area contributed by atoms with Gasteiger partial charge in [-0.1, -0.05) is 0 Å². The Morgan fingerprint density at radius 2 is 1.93 bits per heavy atom. The Labute approximate surface area is 78.4 Å². The van der Waals surface area contributed by atoms with E-state index in [0.29, 0.717) is 0 Å². The Balaban J connectivity index is 2.91. The molecule has 0 aliphatic carbocycles. The minimum absolute atomic E-state index is 0.0947. The second kappa shape index (κ2) is 3.51. The molecule has 76 valence electrons. The van der Waals surface area contributed by atoms with Crippen LogP contribution in [0, 0.1) is 0 Å². The third-order valence-corrected chi connectivity index (χ3v) is 1.72. The van der Waals surface area contributed by atoms with E-state index >= 15 is 0 Å². The molecule has 0 spiro atoms. The number of carboxylic acids is 2. The zero-order chi connectivity index (χ0) is 10.8. The summed E-state index contributed by atoms with van der Waals surface area (Å²) in [7, 11) is 0. The van der Waals surface area contributed by atoms with E-state index in [0.717, 1.165) is 0 Å². The summed E-state index contributed by atoms with van der Waals surface area (Å²) in [6.07, 6.45) is 0.657. The lowest BCUT2D eigenvalue weighted by molar-refractivity contribution is -0.176. The third-order valence-electron chi connectivity index (χ3n) is 1.72. The van der Waals surface area contributed by atoms with Crippen LogP contribution in [0.25, 0.3) is 0 Å². The summed E-state index contributed by atoms with van der Waals surface area (Å²) >= 11 is 0. The zero-order valence-electron chi connectivity index (χ0n) is 7.01. The van der Waals surface area contributed by atoms with Crippen LogP contribution in [0.5, 0.6) is 0 Å². The van der Waals surface area contributed by atoms with E-state index in [9.17, 15) is 14.7 Å². The van der Waals surface area contributed by atoms with Gasteiger partial charge in [-0.25, -0.2) is 9.59 Å². The van der Waals surface area contributed by atoms with Gasteiger partial charge in [0.05, 0.1) is 12.7 Å². The van der Waals surface area contributed by atoms with Crippen LogP contribution in [-0.2, 0) is 16.0 Å². The van der Waals surface area contributed by atoms with Gasteiger partial charge in [-0.15, -0.1) is 0 Å². The van der Waals surface area contributed by atoms with Crippen LogP contribution in [0.4, 0.5) is 0 Å². The molecule has 0 atom stereocenters. The molecule has 1 aromatic rings. The third kappa shape index (κ3) is 1.74. The van der Waals surface area contributed by atoms with Gasteiger partial charge in [-0.05, 0) is 12.1 Å². The van der Waals surface area contributed by atoms with Gasteiger partial charge in [0.2, 0.25) is 0 Å².